The molecule has 0 atom stereocenters. The molecule has 5 heteroatoms. The molecule has 2 aromatic heterocycles. The Hall–Kier alpha value is -1.81. The van der Waals surface area contributed by atoms with Gasteiger partial charge in [-0.15, -0.1) is 0 Å². The van der Waals surface area contributed by atoms with Gasteiger partial charge in [0.05, 0.1) is 12.1 Å². The Labute approximate surface area is 128 Å². The number of aryl methyl sites for hydroxylation is 1. The average Bonchev–Trinajstić information content (AvgIpc) is 2.43. The molecule has 0 aliphatic carbocycles. The highest BCUT2D eigenvalue weighted by atomic mass is 35.5. The molecule has 0 fully saturated rings. The third kappa shape index (κ3) is 2.68. The van der Waals surface area contributed by atoms with E-state index in [0.29, 0.717) is 5.02 Å². The van der Waals surface area contributed by atoms with Gasteiger partial charge < -0.3 is 4.74 Å². The van der Waals surface area contributed by atoms with Gasteiger partial charge in [-0.05, 0) is 43.0 Å². The third-order valence-electron chi connectivity index (χ3n) is 3.46. The Morgan fingerprint density at radius 2 is 2.10 bits per heavy atom. The molecular weight excluding hydrogens is 290 g/mol. The van der Waals surface area contributed by atoms with Crippen LogP contribution >= 0.6 is 11.6 Å². The summed E-state index contributed by atoms with van der Waals surface area (Å²) in [5.41, 5.74) is 2.16. The molecule has 4 nitrogen and oxygen atoms in total. The Morgan fingerprint density at radius 3 is 2.67 bits per heavy atom. The molecular formula is C16H18ClNO3. The monoisotopic (exact) mass is 307 g/mol. The zero-order valence-electron chi connectivity index (χ0n) is 12.6. The molecule has 0 aliphatic rings. The van der Waals surface area contributed by atoms with Crippen LogP contribution in [-0.4, -0.2) is 17.0 Å². The zero-order chi connectivity index (χ0) is 15.7. The van der Waals surface area contributed by atoms with Crippen molar-refractivity contribution in [1.82, 2.24) is 4.40 Å². The fourth-order valence-electron chi connectivity index (χ4n) is 2.37. The molecule has 0 radical (unpaired) electrons. The van der Waals surface area contributed by atoms with Crippen LogP contribution in [0.15, 0.2) is 23.1 Å². The van der Waals surface area contributed by atoms with Crippen molar-refractivity contribution in [3.8, 4) is 0 Å². The minimum atomic E-state index is -0.591. The zero-order valence-corrected chi connectivity index (χ0v) is 13.3. The largest absolute Gasteiger partial charge is 0.462 e. The molecule has 0 unspecified atom stereocenters. The van der Waals surface area contributed by atoms with E-state index in [1.165, 1.54) is 4.40 Å². The van der Waals surface area contributed by atoms with Crippen LogP contribution in [0.2, 0.25) is 5.02 Å². The van der Waals surface area contributed by atoms with Crippen LogP contribution in [0.5, 0.6) is 0 Å². The van der Waals surface area contributed by atoms with Crippen molar-refractivity contribution >= 4 is 23.1 Å². The van der Waals surface area contributed by atoms with E-state index in [0.717, 1.165) is 16.6 Å². The van der Waals surface area contributed by atoms with Crippen LogP contribution in [-0.2, 0) is 4.74 Å². The van der Waals surface area contributed by atoms with Crippen LogP contribution in [0, 0.1) is 6.92 Å². The van der Waals surface area contributed by atoms with Crippen molar-refractivity contribution in [2.24, 2.45) is 0 Å². The van der Waals surface area contributed by atoms with Gasteiger partial charge in [0.15, 0.2) is 0 Å². The number of carbonyl (C=O) groups excluding carboxylic acids is 1. The normalized spacial score (nSPS) is 11.1. The number of fused-ring (bicyclic) bond motifs is 1. The van der Waals surface area contributed by atoms with Crippen molar-refractivity contribution in [2.75, 3.05) is 6.61 Å². The predicted molar refractivity (Wildman–Crippen MR) is 83.5 cm³/mol. The number of ether oxygens (including phenoxy) is 1. The molecule has 21 heavy (non-hydrogen) atoms. The van der Waals surface area contributed by atoms with Crippen molar-refractivity contribution < 1.29 is 9.53 Å². The molecule has 112 valence electrons. The lowest BCUT2D eigenvalue weighted by Gasteiger charge is -2.15. The summed E-state index contributed by atoms with van der Waals surface area (Å²) in [5.74, 6) is -0.447. The Morgan fingerprint density at radius 1 is 1.43 bits per heavy atom. The first-order valence-electron chi connectivity index (χ1n) is 6.90. The number of nitrogens with zero attached hydrogens (tertiary/aromatic N) is 1. The van der Waals surface area contributed by atoms with E-state index in [1.54, 1.807) is 25.3 Å². The molecule has 2 aromatic rings. The number of halogens is 1. The summed E-state index contributed by atoms with van der Waals surface area (Å²) in [6.07, 6.45) is 1.60. The van der Waals surface area contributed by atoms with Gasteiger partial charge in [-0.25, -0.2) is 4.79 Å². The SMILES string of the molecule is CCOC(=O)c1cc(C(C)C)c2c(C)c(Cl)ccn2c1=O. The second kappa shape index (κ2) is 5.90. The summed E-state index contributed by atoms with van der Waals surface area (Å²) in [6, 6.07) is 3.29. The summed E-state index contributed by atoms with van der Waals surface area (Å²) in [5, 5.41) is 0.597. The molecule has 0 N–H and O–H groups in total. The van der Waals surface area contributed by atoms with E-state index in [1.807, 2.05) is 20.8 Å². The summed E-state index contributed by atoms with van der Waals surface area (Å²) in [7, 11) is 0. The third-order valence-corrected chi connectivity index (χ3v) is 3.87. The molecule has 0 amide bonds. The van der Waals surface area contributed by atoms with E-state index < -0.39 is 5.97 Å². The number of esters is 1. The van der Waals surface area contributed by atoms with Gasteiger partial charge in [-0.3, -0.25) is 9.20 Å². The number of pyridine rings is 2. The number of hydrogen-bond donors (Lipinski definition) is 0. The molecule has 0 aliphatic heterocycles. The maximum absolute atomic E-state index is 12.5. The average molecular weight is 308 g/mol. The smallest absolute Gasteiger partial charge is 0.343 e. The van der Waals surface area contributed by atoms with Crippen LogP contribution in [0.3, 0.4) is 0 Å². The quantitative estimate of drug-likeness (QED) is 0.815. The maximum atomic E-state index is 12.5. The van der Waals surface area contributed by atoms with E-state index in [-0.39, 0.29) is 23.6 Å². The number of hydrogen-bond acceptors (Lipinski definition) is 3. The number of carbonyl (C=O) groups is 1. The van der Waals surface area contributed by atoms with Gasteiger partial charge in [0.25, 0.3) is 5.56 Å². The highest BCUT2D eigenvalue weighted by Crippen LogP contribution is 2.27. The van der Waals surface area contributed by atoms with Crippen molar-refractivity contribution in [3.05, 3.63) is 50.4 Å². The minimum absolute atomic E-state index is 0.0553. The molecule has 0 spiro atoms. The lowest BCUT2D eigenvalue weighted by molar-refractivity contribution is 0.0524. The molecule has 0 saturated carbocycles. The Bertz CT molecular complexity index is 762. The highest BCUT2D eigenvalue weighted by Gasteiger charge is 2.19. The number of aromatic nitrogens is 1. The van der Waals surface area contributed by atoms with Crippen molar-refractivity contribution in [2.45, 2.75) is 33.6 Å². The second-order valence-electron chi connectivity index (χ2n) is 5.20. The van der Waals surface area contributed by atoms with E-state index in [9.17, 15) is 9.59 Å². The van der Waals surface area contributed by atoms with E-state index >= 15 is 0 Å². The van der Waals surface area contributed by atoms with E-state index in [4.69, 9.17) is 16.3 Å². The highest BCUT2D eigenvalue weighted by molar-refractivity contribution is 6.31. The van der Waals surface area contributed by atoms with Gasteiger partial charge in [0.1, 0.15) is 5.56 Å². The first-order valence-corrected chi connectivity index (χ1v) is 7.27. The van der Waals surface area contributed by atoms with Crippen molar-refractivity contribution in [1.29, 1.82) is 0 Å². The molecule has 0 saturated heterocycles. The van der Waals surface area contributed by atoms with Crippen molar-refractivity contribution in [3.63, 3.8) is 0 Å². The fraction of sp³-hybridized carbons (Fsp3) is 0.375. The van der Waals surface area contributed by atoms with Gasteiger partial charge in [-0.2, -0.15) is 0 Å². The van der Waals surface area contributed by atoms with Crippen LogP contribution < -0.4 is 5.56 Å². The second-order valence-corrected chi connectivity index (χ2v) is 5.61. The van der Waals surface area contributed by atoms with Gasteiger partial charge >= 0.3 is 5.97 Å². The minimum Gasteiger partial charge on any atom is -0.462 e. The topological polar surface area (TPSA) is 47.8 Å². The predicted octanol–water partition coefficient (Wildman–Crippen LogP) is 3.56. The lowest BCUT2D eigenvalue weighted by Crippen LogP contribution is -2.25. The van der Waals surface area contributed by atoms with Crippen LogP contribution in [0.25, 0.3) is 5.52 Å². The van der Waals surface area contributed by atoms with Crippen LogP contribution in [0.4, 0.5) is 0 Å². The summed E-state index contributed by atoms with van der Waals surface area (Å²) < 4.78 is 6.44. The first kappa shape index (κ1) is 15.6. The summed E-state index contributed by atoms with van der Waals surface area (Å²) >= 11 is 6.16. The maximum Gasteiger partial charge on any atom is 0.343 e. The Kier molecular flexibility index (Phi) is 4.37. The van der Waals surface area contributed by atoms with Crippen LogP contribution in [0.1, 0.15) is 48.2 Å². The first-order chi connectivity index (χ1) is 9.88. The van der Waals surface area contributed by atoms with E-state index in [2.05, 4.69) is 0 Å². The summed E-state index contributed by atoms with van der Waals surface area (Å²) in [6.45, 7) is 7.83. The molecule has 2 rings (SSSR count). The summed E-state index contributed by atoms with van der Waals surface area (Å²) in [4.78, 5) is 24.5. The Balaban J connectivity index is 2.89. The fourth-order valence-corrected chi connectivity index (χ4v) is 2.51. The van der Waals surface area contributed by atoms with Gasteiger partial charge in [0.2, 0.25) is 0 Å². The molecule has 0 bridgehead atoms. The molecule has 0 aromatic carbocycles. The van der Waals surface area contributed by atoms with Gasteiger partial charge in [-0.1, -0.05) is 25.4 Å². The lowest BCUT2D eigenvalue weighted by atomic mass is 9.98. The number of rotatable bonds is 3. The standard InChI is InChI=1S/C16H18ClNO3/c1-5-21-16(20)12-8-11(9(2)3)14-10(4)13(17)6-7-18(14)15(12)19/h6-9H,5H2,1-4H3. The molecule has 2 heterocycles. The van der Waals surface area contributed by atoms with Gasteiger partial charge in [0, 0.05) is 11.2 Å².